The van der Waals surface area contributed by atoms with Gasteiger partial charge in [-0.05, 0) is 78.9 Å². The van der Waals surface area contributed by atoms with Crippen LogP contribution in [-0.4, -0.2) is 34.9 Å². The average Bonchev–Trinajstić information content (AvgIpc) is 3.53. The molecule has 1 aliphatic heterocycles. The minimum absolute atomic E-state index is 0.220. The Labute approximate surface area is 219 Å². The largest absolute Gasteiger partial charge is 0.495 e. The van der Waals surface area contributed by atoms with Crippen LogP contribution in [0.3, 0.4) is 0 Å². The molecule has 1 fully saturated rings. The second-order valence-electron chi connectivity index (χ2n) is 8.16. The molecule has 36 heavy (non-hydrogen) atoms. The standard InChI is InChI=1S/C27H23ClN4O3S/c1-34-23-13-12-19(16-20(23)28)32-25(24(30-27(32)36)21-6-3-4-14-29-21)22-7-5-15-31(22)18-10-8-17(9-11-18)26(33)35-2/h3-16,24-25H,1-2H3,(H,30,36)/t24-,25+/m1/s1. The number of nitrogens with zero attached hydrogens (tertiary/aromatic N) is 3. The number of anilines is 1. The monoisotopic (exact) mass is 518 g/mol. The van der Waals surface area contributed by atoms with Gasteiger partial charge in [0.1, 0.15) is 11.8 Å². The van der Waals surface area contributed by atoms with Crippen LogP contribution in [-0.2, 0) is 4.74 Å². The first-order valence-corrected chi connectivity index (χ1v) is 12.0. The fourth-order valence-corrected chi connectivity index (χ4v) is 5.08. The van der Waals surface area contributed by atoms with Crippen molar-refractivity contribution in [3.8, 4) is 11.4 Å². The van der Waals surface area contributed by atoms with Gasteiger partial charge in [-0.2, -0.15) is 0 Å². The van der Waals surface area contributed by atoms with Gasteiger partial charge in [0.2, 0.25) is 0 Å². The first-order chi connectivity index (χ1) is 17.5. The molecule has 3 heterocycles. The van der Waals surface area contributed by atoms with E-state index >= 15 is 0 Å². The lowest BCUT2D eigenvalue weighted by Crippen LogP contribution is -2.30. The minimum Gasteiger partial charge on any atom is -0.495 e. The third-order valence-corrected chi connectivity index (χ3v) is 6.77. The molecule has 4 aromatic rings. The number of halogens is 1. The van der Waals surface area contributed by atoms with Crippen LogP contribution >= 0.6 is 23.8 Å². The van der Waals surface area contributed by atoms with E-state index < -0.39 is 0 Å². The Balaban J connectivity index is 1.62. The fourth-order valence-electron chi connectivity index (χ4n) is 4.48. The summed E-state index contributed by atoms with van der Waals surface area (Å²) in [6.45, 7) is 0. The van der Waals surface area contributed by atoms with Gasteiger partial charge in [-0.3, -0.25) is 4.98 Å². The molecule has 5 rings (SSSR count). The summed E-state index contributed by atoms with van der Waals surface area (Å²) in [6, 6.07) is 22.3. The highest BCUT2D eigenvalue weighted by Gasteiger charge is 2.42. The number of hydrogen-bond donors (Lipinski definition) is 1. The van der Waals surface area contributed by atoms with E-state index in [2.05, 4.69) is 25.8 Å². The number of nitrogens with one attached hydrogen (secondary N) is 1. The second kappa shape index (κ2) is 10.0. The SMILES string of the molecule is COC(=O)c1ccc(-n2cccc2[C@H]2[C@@H](c3ccccn3)NC(=S)N2c2ccc(OC)c(Cl)c2)cc1. The van der Waals surface area contributed by atoms with Crippen molar-refractivity contribution in [1.82, 2.24) is 14.9 Å². The number of methoxy groups -OCH3 is 2. The number of thiocarbonyl (C=S) groups is 1. The number of esters is 1. The summed E-state index contributed by atoms with van der Waals surface area (Å²) in [4.78, 5) is 18.6. The van der Waals surface area contributed by atoms with Gasteiger partial charge < -0.3 is 24.3 Å². The maximum absolute atomic E-state index is 11.9. The number of hydrogen-bond acceptors (Lipinski definition) is 5. The zero-order chi connectivity index (χ0) is 25.2. The van der Waals surface area contributed by atoms with Crippen LogP contribution in [0.4, 0.5) is 5.69 Å². The van der Waals surface area contributed by atoms with Crippen LogP contribution in [0, 0.1) is 0 Å². The Kier molecular flexibility index (Phi) is 6.63. The molecule has 7 nitrogen and oxygen atoms in total. The van der Waals surface area contributed by atoms with Crippen LogP contribution < -0.4 is 15.0 Å². The van der Waals surface area contributed by atoms with Gasteiger partial charge in [0.25, 0.3) is 0 Å². The molecule has 0 aliphatic carbocycles. The Morgan fingerprint density at radius 1 is 1.03 bits per heavy atom. The van der Waals surface area contributed by atoms with E-state index in [0.29, 0.717) is 21.4 Å². The lowest BCUT2D eigenvalue weighted by Gasteiger charge is -2.29. The van der Waals surface area contributed by atoms with Crippen molar-refractivity contribution >= 4 is 40.6 Å². The van der Waals surface area contributed by atoms with E-state index in [4.69, 9.17) is 33.3 Å². The average molecular weight is 519 g/mol. The summed E-state index contributed by atoms with van der Waals surface area (Å²) in [6.07, 6.45) is 3.76. The van der Waals surface area contributed by atoms with Gasteiger partial charge >= 0.3 is 5.97 Å². The van der Waals surface area contributed by atoms with Crippen molar-refractivity contribution in [2.75, 3.05) is 19.1 Å². The minimum atomic E-state index is -0.377. The molecule has 2 atom stereocenters. The van der Waals surface area contributed by atoms with Gasteiger partial charge in [-0.25, -0.2) is 4.79 Å². The molecule has 1 N–H and O–H groups in total. The smallest absolute Gasteiger partial charge is 0.337 e. The number of rotatable bonds is 6. The van der Waals surface area contributed by atoms with E-state index in [0.717, 1.165) is 22.8 Å². The highest BCUT2D eigenvalue weighted by molar-refractivity contribution is 7.80. The van der Waals surface area contributed by atoms with Gasteiger partial charge in [-0.1, -0.05) is 17.7 Å². The van der Waals surface area contributed by atoms with Crippen LogP contribution in [0.1, 0.15) is 33.8 Å². The summed E-state index contributed by atoms with van der Waals surface area (Å²) >= 11 is 12.3. The van der Waals surface area contributed by atoms with E-state index in [1.165, 1.54) is 7.11 Å². The van der Waals surface area contributed by atoms with E-state index in [9.17, 15) is 4.79 Å². The molecule has 1 aliphatic rings. The molecule has 2 aromatic heterocycles. The number of carbonyl (C=O) groups is 1. The lowest BCUT2D eigenvalue weighted by molar-refractivity contribution is 0.0600. The first kappa shape index (κ1) is 23.8. The number of carbonyl (C=O) groups excluding carboxylic acids is 1. The van der Waals surface area contributed by atoms with E-state index in [-0.39, 0.29) is 18.1 Å². The Morgan fingerprint density at radius 3 is 2.47 bits per heavy atom. The number of benzene rings is 2. The molecule has 182 valence electrons. The van der Waals surface area contributed by atoms with Crippen molar-refractivity contribution in [1.29, 1.82) is 0 Å². The molecule has 0 unspecified atom stereocenters. The third-order valence-electron chi connectivity index (χ3n) is 6.16. The number of aromatic nitrogens is 2. The molecular weight excluding hydrogens is 496 g/mol. The summed E-state index contributed by atoms with van der Waals surface area (Å²) in [5.41, 5.74) is 4.06. The van der Waals surface area contributed by atoms with Crippen molar-refractivity contribution < 1.29 is 14.3 Å². The maximum atomic E-state index is 11.9. The van der Waals surface area contributed by atoms with Gasteiger partial charge in [0, 0.05) is 29.5 Å². The zero-order valence-electron chi connectivity index (χ0n) is 19.6. The number of pyridine rings is 1. The van der Waals surface area contributed by atoms with Crippen LogP contribution in [0.25, 0.3) is 5.69 Å². The molecule has 2 aromatic carbocycles. The normalized spacial score (nSPS) is 17.1. The first-order valence-electron chi connectivity index (χ1n) is 11.2. The summed E-state index contributed by atoms with van der Waals surface area (Å²) < 4.78 is 12.3. The maximum Gasteiger partial charge on any atom is 0.337 e. The van der Waals surface area contributed by atoms with E-state index in [1.54, 1.807) is 25.4 Å². The van der Waals surface area contributed by atoms with Crippen molar-refractivity contribution in [3.05, 3.63) is 107 Å². The molecule has 9 heteroatoms. The summed E-state index contributed by atoms with van der Waals surface area (Å²) in [5.74, 6) is 0.211. The number of ether oxygens (including phenoxy) is 2. The molecule has 0 amide bonds. The molecule has 1 saturated heterocycles. The highest BCUT2D eigenvalue weighted by atomic mass is 35.5. The molecule has 0 spiro atoms. The molecule has 0 bridgehead atoms. The van der Waals surface area contributed by atoms with Crippen molar-refractivity contribution in [3.63, 3.8) is 0 Å². The highest BCUT2D eigenvalue weighted by Crippen LogP contribution is 2.43. The Morgan fingerprint density at radius 2 is 1.81 bits per heavy atom. The van der Waals surface area contributed by atoms with Crippen molar-refractivity contribution in [2.45, 2.75) is 12.1 Å². The summed E-state index contributed by atoms with van der Waals surface area (Å²) in [5, 5.41) is 4.51. The predicted octanol–water partition coefficient (Wildman–Crippen LogP) is 5.50. The quantitative estimate of drug-likeness (QED) is 0.267. The van der Waals surface area contributed by atoms with E-state index in [1.807, 2.05) is 60.8 Å². The fraction of sp³-hybridized carbons (Fsp3) is 0.148. The van der Waals surface area contributed by atoms with Crippen LogP contribution in [0.2, 0.25) is 5.02 Å². The lowest BCUT2D eigenvalue weighted by atomic mass is 10.0. The summed E-state index contributed by atoms with van der Waals surface area (Å²) in [7, 11) is 2.95. The predicted molar refractivity (Wildman–Crippen MR) is 143 cm³/mol. The van der Waals surface area contributed by atoms with Gasteiger partial charge in [-0.15, -0.1) is 0 Å². The molecule has 0 radical (unpaired) electrons. The van der Waals surface area contributed by atoms with Crippen molar-refractivity contribution in [2.24, 2.45) is 0 Å². The molecular formula is C27H23ClN4O3S. The van der Waals surface area contributed by atoms with Gasteiger partial charge in [0.15, 0.2) is 5.11 Å². The van der Waals surface area contributed by atoms with Crippen LogP contribution in [0.15, 0.2) is 85.2 Å². The zero-order valence-corrected chi connectivity index (χ0v) is 21.2. The Bertz CT molecular complexity index is 1410. The Hall–Kier alpha value is -3.88. The second-order valence-corrected chi connectivity index (χ2v) is 8.95. The van der Waals surface area contributed by atoms with Gasteiger partial charge in [0.05, 0.1) is 36.5 Å². The molecule has 0 saturated carbocycles. The van der Waals surface area contributed by atoms with Crippen LogP contribution in [0.5, 0.6) is 5.75 Å². The topological polar surface area (TPSA) is 68.6 Å². The third kappa shape index (κ3) is 4.29.